The highest BCUT2D eigenvalue weighted by atomic mass is 15.2. The Bertz CT molecular complexity index is 364. The van der Waals surface area contributed by atoms with E-state index in [1.165, 1.54) is 50.8 Å². The third-order valence-electron chi connectivity index (χ3n) is 4.42. The predicted molar refractivity (Wildman–Crippen MR) is 76.7 cm³/mol. The standard InChI is InChI=1S/C16H24N2/c17-14-8-10-16(11-9-14)18(12-13-6-7-13)15-4-2-1-3-5-15/h1-5,13-14,16H,6-12,17H2/t14-,16-. The molecule has 1 aromatic carbocycles. The van der Waals surface area contributed by atoms with Gasteiger partial charge in [0.2, 0.25) is 0 Å². The van der Waals surface area contributed by atoms with Crippen LogP contribution < -0.4 is 10.6 Å². The van der Waals surface area contributed by atoms with Crippen LogP contribution >= 0.6 is 0 Å². The molecule has 2 nitrogen and oxygen atoms in total. The van der Waals surface area contributed by atoms with Crippen molar-refractivity contribution >= 4 is 5.69 Å². The molecule has 0 heterocycles. The van der Waals surface area contributed by atoms with Gasteiger partial charge in [-0.1, -0.05) is 18.2 Å². The minimum absolute atomic E-state index is 0.444. The van der Waals surface area contributed by atoms with Crippen LogP contribution in [0.3, 0.4) is 0 Å². The number of rotatable bonds is 4. The third-order valence-corrected chi connectivity index (χ3v) is 4.42. The van der Waals surface area contributed by atoms with Gasteiger partial charge in [-0.05, 0) is 56.6 Å². The molecule has 0 aromatic heterocycles. The molecule has 2 aliphatic rings. The normalized spacial score (nSPS) is 28.1. The molecule has 0 unspecified atom stereocenters. The average molecular weight is 244 g/mol. The number of hydrogen-bond donors (Lipinski definition) is 1. The number of nitrogens with two attached hydrogens (primary N) is 1. The van der Waals surface area contributed by atoms with Crippen LogP contribution in [0.15, 0.2) is 30.3 Å². The number of anilines is 1. The summed E-state index contributed by atoms with van der Waals surface area (Å²) in [6.45, 7) is 1.25. The van der Waals surface area contributed by atoms with Crippen molar-refractivity contribution in [3.63, 3.8) is 0 Å². The quantitative estimate of drug-likeness (QED) is 0.881. The Hall–Kier alpha value is -1.02. The van der Waals surface area contributed by atoms with E-state index in [2.05, 4.69) is 35.2 Å². The summed E-state index contributed by atoms with van der Waals surface area (Å²) < 4.78 is 0. The van der Waals surface area contributed by atoms with Crippen LogP contribution in [-0.2, 0) is 0 Å². The second kappa shape index (κ2) is 5.31. The maximum Gasteiger partial charge on any atom is 0.0368 e. The van der Waals surface area contributed by atoms with E-state index in [0.717, 1.165) is 5.92 Å². The van der Waals surface area contributed by atoms with Gasteiger partial charge in [0.25, 0.3) is 0 Å². The van der Waals surface area contributed by atoms with Gasteiger partial charge < -0.3 is 10.6 Å². The molecule has 2 heteroatoms. The summed E-state index contributed by atoms with van der Waals surface area (Å²) in [7, 11) is 0. The molecule has 3 rings (SSSR count). The van der Waals surface area contributed by atoms with Gasteiger partial charge in [-0.15, -0.1) is 0 Å². The van der Waals surface area contributed by atoms with Gasteiger partial charge in [0.15, 0.2) is 0 Å². The molecule has 0 spiro atoms. The van der Waals surface area contributed by atoms with Crippen molar-refractivity contribution in [2.45, 2.75) is 50.6 Å². The van der Waals surface area contributed by atoms with E-state index in [0.29, 0.717) is 12.1 Å². The Labute approximate surface area is 110 Å². The van der Waals surface area contributed by atoms with Gasteiger partial charge in [-0.2, -0.15) is 0 Å². The van der Waals surface area contributed by atoms with E-state index in [-0.39, 0.29) is 0 Å². The van der Waals surface area contributed by atoms with Crippen LogP contribution in [0.25, 0.3) is 0 Å². The van der Waals surface area contributed by atoms with Gasteiger partial charge in [0.05, 0.1) is 0 Å². The molecule has 2 N–H and O–H groups in total. The van der Waals surface area contributed by atoms with E-state index in [1.807, 2.05) is 0 Å². The Morgan fingerprint density at radius 1 is 0.944 bits per heavy atom. The fraction of sp³-hybridized carbons (Fsp3) is 0.625. The largest absolute Gasteiger partial charge is 0.368 e. The van der Waals surface area contributed by atoms with E-state index in [9.17, 15) is 0 Å². The SMILES string of the molecule is N[C@H]1CC[C@H](N(CC2CC2)c2ccccc2)CC1. The second-order valence-corrected chi connectivity index (χ2v) is 6.00. The predicted octanol–water partition coefficient (Wildman–Crippen LogP) is 3.17. The van der Waals surface area contributed by atoms with Crippen molar-refractivity contribution in [3.8, 4) is 0 Å². The molecule has 1 aromatic rings. The molecule has 0 aliphatic heterocycles. The number of hydrogen-bond acceptors (Lipinski definition) is 2. The highest BCUT2D eigenvalue weighted by Crippen LogP contribution is 2.34. The summed E-state index contributed by atoms with van der Waals surface area (Å²) in [6, 6.07) is 12.1. The average Bonchev–Trinajstić information content (AvgIpc) is 3.22. The van der Waals surface area contributed by atoms with Crippen LogP contribution in [0.2, 0.25) is 0 Å². The molecule has 0 radical (unpaired) electrons. The zero-order valence-corrected chi connectivity index (χ0v) is 11.1. The maximum atomic E-state index is 6.03. The van der Waals surface area contributed by atoms with Gasteiger partial charge in [0.1, 0.15) is 0 Å². The lowest BCUT2D eigenvalue weighted by Gasteiger charge is -2.38. The molecule has 0 atom stereocenters. The summed E-state index contributed by atoms with van der Waals surface area (Å²) in [5, 5.41) is 0. The molecular weight excluding hydrogens is 220 g/mol. The molecule has 2 saturated carbocycles. The number of para-hydroxylation sites is 1. The Kier molecular flexibility index (Phi) is 3.55. The van der Waals surface area contributed by atoms with E-state index in [1.54, 1.807) is 0 Å². The van der Waals surface area contributed by atoms with Gasteiger partial charge in [0, 0.05) is 24.3 Å². The summed E-state index contributed by atoms with van der Waals surface area (Å²) in [4.78, 5) is 2.66. The molecule has 0 amide bonds. The molecule has 2 aliphatic carbocycles. The molecule has 98 valence electrons. The minimum Gasteiger partial charge on any atom is -0.368 e. The highest BCUT2D eigenvalue weighted by molar-refractivity contribution is 5.47. The molecule has 18 heavy (non-hydrogen) atoms. The van der Waals surface area contributed by atoms with Crippen molar-refractivity contribution < 1.29 is 0 Å². The van der Waals surface area contributed by atoms with Crippen LogP contribution in [0.4, 0.5) is 5.69 Å². The number of benzene rings is 1. The zero-order chi connectivity index (χ0) is 12.4. The fourth-order valence-electron chi connectivity index (χ4n) is 3.08. The fourth-order valence-corrected chi connectivity index (χ4v) is 3.08. The van der Waals surface area contributed by atoms with Crippen LogP contribution in [-0.4, -0.2) is 18.6 Å². The van der Waals surface area contributed by atoms with Crippen LogP contribution in [0.1, 0.15) is 38.5 Å². The first-order chi connectivity index (χ1) is 8.83. The number of nitrogens with zero attached hydrogens (tertiary/aromatic N) is 1. The van der Waals surface area contributed by atoms with Gasteiger partial charge >= 0.3 is 0 Å². The third kappa shape index (κ3) is 2.86. The van der Waals surface area contributed by atoms with Crippen LogP contribution in [0, 0.1) is 5.92 Å². The monoisotopic (exact) mass is 244 g/mol. The molecular formula is C16H24N2. The summed E-state index contributed by atoms with van der Waals surface area (Å²) >= 11 is 0. The topological polar surface area (TPSA) is 29.3 Å². The summed E-state index contributed by atoms with van der Waals surface area (Å²) in [5.74, 6) is 0.945. The lowest BCUT2D eigenvalue weighted by Crippen LogP contribution is -2.42. The Balaban J connectivity index is 1.72. The minimum atomic E-state index is 0.444. The van der Waals surface area contributed by atoms with Crippen molar-refractivity contribution in [2.75, 3.05) is 11.4 Å². The first-order valence-electron chi connectivity index (χ1n) is 7.40. The van der Waals surface area contributed by atoms with Gasteiger partial charge in [-0.25, -0.2) is 0 Å². The smallest absolute Gasteiger partial charge is 0.0368 e. The molecule has 2 fully saturated rings. The first-order valence-corrected chi connectivity index (χ1v) is 7.40. The van der Waals surface area contributed by atoms with E-state index in [4.69, 9.17) is 5.73 Å². The second-order valence-electron chi connectivity index (χ2n) is 6.00. The first kappa shape index (κ1) is 12.0. The van der Waals surface area contributed by atoms with Crippen molar-refractivity contribution in [1.82, 2.24) is 0 Å². The lowest BCUT2D eigenvalue weighted by atomic mass is 9.90. The highest BCUT2D eigenvalue weighted by Gasteiger charge is 2.30. The van der Waals surface area contributed by atoms with E-state index >= 15 is 0 Å². The van der Waals surface area contributed by atoms with Crippen LogP contribution in [0.5, 0.6) is 0 Å². The Morgan fingerprint density at radius 3 is 2.22 bits per heavy atom. The Morgan fingerprint density at radius 2 is 1.61 bits per heavy atom. The summed E-state index contributed by atoms with van der Waals surface area (Å²) in [5.41, 5.74) is 7.44. The van der Waals surface area contributed by atoms with Crippen molar-refractivity contribution in [2.24, 2.45) is 11.7 Å². The van der Waals surface area contributed by atoms with Crippen molar-refractivity contribution in [3.05, 3.63) is 30.3 Å². The van der Waals surface area contributed by atoms with E-state index < -0.39 is 0 Å². The summed E-state index contributed by atoms with van der Waals surface area (Å²) in [6.07, 6.45) is 7.77. The molecule has 0 saturated heterocycles. The zero-order valence-electron chi connectivity index (χ0n) is 11.1. The maximum absolute atomic E-state index is 6.03. The van der Waals surface area contributed by atoms with Crippen molar-refractivity contribution in [1.29, 1.82) is 0 Å². The lowest BCUT2D eigenvalue weighted by molar-refractivity contribution is 0.373. The molecule has 0 bridgehead atoms. The van der Waals surface area contributed by atoms with Gasteiger partial charge in [-0.3, -0.25) is 0 Å².